The first kappa shape index (κ1) is 11.0. The summed E-state index contributed by atoms with van der Waals surface area (Å²) in [6.07, 6.45) is 1.20. The highest BCUT2D eigenvalue weighted by Gasteiger charge is 2.35. The molecule has 0 aromatic rings. The first-order valence-electron chi connectivity index (χ1n) is 5.32. The van der Waals surface area contributed by atoms with Crippen LogP contribution in [0.2, 0.25) is 0 Å². The van der Waals surface area contributed by atoms with Gasteiger partial charge in [-0.25, -0.2) is 0 Å². The Kier molecular flexibility index (Phi) is 3.36. The molecule has 0 aromatic carbocycles. The van der Waals surface area contributed by atoms with Crippen LogP contribution in [-0.4, -0.2) is 35.7 Å². The van der Waals surface area contributed by atoms with Gasteiger partial charge in [0.15, 0.2) is 0 Å². The van der Waals surface area contributed by atoms with E-state index in [0.717, 1.165) is 6.54 Å². The van der Waals surface area contributed by atoms with Gasteiger partial charge in [-0.15, -0.1) is 0 Å². The van der Waals surface area contributed by atoms with E-state index < -0.39 is 0 Å². The van der Waals surface area contributed by atoms with E-state index in [1.54, 1.807) is 0 Å². The number of likely N-dealkylation sites (tertiary alicyclic amines) is 1. The fraction of sp³-hybridized carbons (Fsp3) is 1.00. The van der Waals surface area contributed by atoms with Crippen LogP contribution in [0.4, 0.5) is 0 Å². The molecule has 1 aliphatic heterocycles. The molecule has 0 aromatic heterocycles. The molecule has 0 amide bonds. The third kappa shape index (κ3) is 2.44. The molecule has 1 fully saturated rings. The Morgan fingerprint density at radius 3 is 2.54 bits per heavy atom. The summed E-state index contributed by atoms with van der Waals surface area (Å²) in [6.45, 7) is 11.6. The van der Waals surface area contributed by atoms with Gasteiger partial charge in [-0.1, -0.05) is 13.8 Å². The monoisotopic (exact) mass is 185 g/mol. The molecule has 2 nitrogen and oxygen atoms in total. The zero-order valence-electron chi connectivity index (χ0n) is 9.38. The van der Waals surface area contributed by atoms with Gasteiger partial charge in [-0.05, 0) is 38.1 Å². The van der Waals surface area contributed by atoms with Gasteiger partial charge in [0.2, 0.25) is 0 Å². The summed E-state index contributed by atoms with van der Waals surface area (Å²) in [5.74, 6) is 0.448. The van der Waals surface area contributed by atoms with Crippen LogP contribution in [0.25, 0.3) is 0 Å². The third-order valence-corrected chi connectivity index (χ3v) is 3.55. The molecule has 1 aliphatic rings. The summed E-state index contributed by atoms with van der Waals surface area (Å²) in [6, 6.07) is 0.616. The molecule has 13 heavy (non-hydrogen) atoms. The van der Waals surface area contributed by atoms with Crippen molar-refractivity contribution in [3.63, 3.8) is 0 Å². The molecule has 0 bridgehead atoms. The SMILES string of the molecule is CC(C)N1CCC(C)(C)C(CO)C1. The lowest BCUT2D eigenvalue weighted by molar-refractivity contribution is 0.0102. The Balaban J connectivity index is 2.58. The molecule has 0 saturated carbocycles. The molecule has 0 radical (unpaired) electrons. The number of aliphatic hydroxyl groups is 1. The van der Waals surface area contributed by atoms with Gasteiger partial charge in [0.1, 0.15) is 0 Å². The largest absolute Gasteiger partial charge is 0.396 e. The Hall–Kier alpha value is -0.0800. The van der Waals surface area contributed by atoms with Crippen molar-refractivity contribution in [2.45, 2.75) is 40.2 Å². The van der Waals surface area contributed by atoms with Gasteiger partial charge in [-0.2, -0.15) is 0 Å². The number of piperidine rings is 1. The Bertz CT molecular complexity index is 165. The van der Waals surface area contributed by atoms with Crippen LogP contribution in [0.1, 0.15) is 34.1 Å². The van der Waals surface area contributed by atoms with Crippen molar-refractivity contribution in [2.24, 2.45) is 11.3 Å². The summed E-state index contributed by atoms with van der Waals surface area (Å²) in [5.41, 5.74) is 0.320. The van der Waals surface area contributed by atoms with E-state index in [0.29, 0.717) is 24.0 Å². The number of hydrogen-bond acceptors (Lipinski definition) is 2. The molecule has 1 unspecified atom stereocenters. The molecule has 1 rings (SSSR count). The fourth-order valence-corrected chi connectivity index (χ4v) is 2.03. The molecule has 1 heterocycles. The quantitative estimate of drug-likeness (QED) is 0.708. The van der Waals surface area contributed by atoms with Crippen LogP contribution in [0.15, 0.2) is 0 Å². The second-order valence-electron chi connectivity index (χ2n) is 5.21. The van der Waals surface area contributed by atoms with Crippen molar-refractivity contribution >= 4 is 0 Å². The van der Waals surface area contributed by atoms with Crippen molar-refractivity contribution in [1.82, 2.24) is 4.90 Å². The molecule has 2 heteroatoms. The minimum Gasteiger partial charge on any atom is -0.396 e. The van der Waals surface area contributed by atoms with E-state index >= 15 is 0 Å². The molecule has 0 aliphatic carbocycles. The Morgan fingerprint density at radius 2 is 2.08 bits per heavy atom. The maximum Gasteiger partial charge on any atom is 0.0476 e. The van der Waals surface area contributed by atoms with E-state index in [4.69, 9.17) is 0 Å². The highest BCUT2D eigenvalue weighted by atomic mass is 16.3. The summed E-state index contributed by atoms with van der Waals surface area (Å²) >= 11 is 0. The minimum absolute atomic E-state index is 0.320. The fourth-order valence-electron chi connectivity index (χ4n) is 2.03. The summed E-state index contributed by atoms with van der Waals surface area (Å²) in [7, 11) is 0. The molecular weight excluding hydrogens is 162 g/mol. The van der Waals surface area contributed by atoms with E-state index in [1.807, 2.05) is 0 Å². The van der Waals surface area contributed by atoms with Crippen molar-refractivity contribution in [2.75, 3.05) is 19.7 Å². The normalized spacial score (nSPS) is 29.5. The van der Waals surface area contributed by atoms with E-state index in [1.165, 1.54) is 13.0 Å². The van der Waals surface area contributed by atoms with Gasteiger partial charge >= 0.3 is 0 Å². The highest BCUT2D eigenvalue weighted by molar-refractivity contribution is 4.87. The second kappa shape index (κ2) is 3.97. The maximum absolute atomic E-state index is 9.30. The van der Waals surface area contributed by atoms with Crippen molar-refractivity contribution in [3.05, 3.63) is 0 Å². The van der Waals surface area contributed by atoms with E-state index in [-0.39, 0.29) is 0 Å². The average molecular weight is 185 g/mol. The predicted octanol–water partition coefficient (Wildman–Crippen LogP) is 1.74. The lowest BCUT2D eigenvalue weighted by Gasteiger charge is -2.44. The predicted molar refractivity (Wildman–Crippen MR) is 55.7 cm³/mol. The first-order chi connectivity index (χ1) is 5.97. The standard InChI is InChI=1S/C11H23NO/c1-9(2)12-6-5-11(3,4)10(7-12)8-13/h9-10,13H,5-8H2,1-4H3. The van der Waals surface area contributed by atoms with Crippen LogP contribution in [0.5, 0.6) is 0 Å². The molecule has 78 valence electrons. The third-order valence-electron chi connectivity index (χ3n) is 3.55. The lowest BCUT2D eigenvalue weighted by atomic mass is 9.73. The van der Waals surface area contributed by atoms with Crippen LogP contribution >= 0.6 is 0 Å². The number of aliphatic hydroxyl groups excluding tert-OH is 1. The molecule has 0 spiro atoms. The molecule has 1 atom stereocenters. The van der Waals surface area contributed by atoms with E-state index in [9.17, 15) is 5.11 Å². The zero-order chi connectivity index (χ0) is 10.1. The van der Waals surface area contributed by atoms with Crippen LogP contribution in [-0.2, 0) is 0 Å². The van der Waals surface area contributed by atoms with Crippen LogP contribution in [0.3, 0.4) is 0 Å². The van der Waals surface area contributed by atoms with Crippen molar-refractivity contribution in [1.29, 1.82) is 0 Å². The highest BCUT2D eigenvalue weighted by Crippen LogP contribution is 2.35. The van der Waals surface area contributed by atoms with Crippen molar-refractivity contribution in [3.8, 4) is 0 Å². The Morgan fingerprint density at radius 1 is 1.46 bits per heavy atom. The van der Waals surface area contributed by atoms with Crippen LogP contribution in [0, 0.1) is 11.3 Å². The number of hydrogen-bond donors (Lipinski definition) is 1. The summed E-state index contributed by atoms with van der Waals surface area (Å²) in [5, 5.41) is 9.30. The van der Waals surface area contributed by atoms with E-state index in [2.05, 4.69) is 32.6 Å². The summed E-state index contributed by atoms with van der Waals surface area (Å²) in [4.78, 5) is 2.46. The number of nitrogens with zero attached hydrogens (tertiary/aromatic N) is 1. The van der Waals surface area contributed by atoms with Gasteiger partial charge in [-0.3, -0.25) is 0 Å². The van der Waals surface area contributed by atoms with Gasteiger partial charge in [0.05, 0.1) is 0 Å². The maximum atomic E-state index is 9.30. The first-order valence-corrected chi connectivity index (χ1v) is 5.32. The number of rotatable bonds is 2. The van der Waals surface area contributed by atoms with Gasteiger partial charge in [0, 0.05) is 19.2 Å². The van der Waals surface area contributed by atoms with Crippen molar-refractivity contribution < 1.29 is 5.11 Å². The lowest BCUT2D eigenvalue weighted by Crippen LogP contribution is -2.48. The molecule has 1 N–H and O–H groups in total. The Labute approximate surface area is 81.9 Å². The zero-order valence-corrected chi connectivity index (χ0v) is 9.38. The minimum atomic E-state index is 0.320. The summed E-state index contributed by atoms with van der Waals surface area (Å²) < 4.78 is 0. The molecular formula is C11H23NO. The second-order valence-corrected chi connectivity index (χ2v) is 5.21. The topological polar surface area (TPSA) is 23.5 Å². The van der Waals surface area contributed by atoms with Gasteiger partial charge in [0.25, 0.3) is 0 Å². The molecule has 1 saturated heterocycles. The average Bonchev–Trinajstić information content (AvgIpc) is 2.03. The smallest absolute Gasteiger partial charge is 0.0476 e. The van der Waals surface area contributed by atoms with Gasteiger partial charge < -0.3 is 10.0 Å². The van der Waals surface area contributed by atoms with Crippen LogP contribution < -0.4 is 0 Å².